The van der Waals surface area contributed by atoms with Crippen LogP contribution in [0.1, 0.15) is 34.2 Å². The minimum Gasteiger partial charge on any atom is -0.349 e. The van der Waals surface area contributed by atoms with E-state index in [0.717, 1.165) is 23.2 Å². The van der Waals surface area contributed by atoms with Crippen molar-refractivity contribution >= 4 is 15.7 Å². The lowest BCUT2D eigenvalue weighted by molar-refractivity contribution is 0.0943. The van der Waals surface area contributed by atoms with Crippen LogP contribution in [0.5, 0.6) is 0 Å². The van der Waals surface area contributed by atoms with Crippen LogP contribution in [0.15, 0.2) is 30.3 Å². The molecule has 6 nitrogen and oxygen atoms in total. The molecular formula is C17H23N3O3S. The van der Waals surface area contributed by atoms with E-state index in [-0.39, 0.29) is 11.7 Å². The number of nitrogens with one attached hydrogen (secondary N) is 1. The van der Waals surface area contributed by atoms with Crippen LogP contribution in [0.3, 0.4) is 0 Å². The van der Waals surface area contributed by atoms with Crippen LogP contribution in [-0.4, -0.2) is 42.2 Å². The summed E-state index contributed by atoms with van der Waals surface area (Å²) in [5, 5.41) is 7.12. The summed E-state index contributed by atoms with van der Waals surface area (Å²) in [6, 6.07) is 8.83. The fourth-order valence-corrected chi connectivity index (χ4v) is 3.56. The second-order valence-electron chi connectivity index (χ2n) is 6.25. The first-order valence-electron chi connectivity index (χ1n) is 7.72. The van der Waals surface area contributed by atoms with Crippen LogP contribution < -0.4 is 5.32 Å². The van der Waals surface area contributed by atoms with Crippen LogP contribution in [-0.2, 0) is 16.4 Å². The fraction of sp³-hybridized carbons (Fsp3) is 0.412. The molecule has 24 heavy (non-hydrogen) atoms. The Balaban J connectivity index is 2.01. The second kappa shape index (κ2) is 7.17. The predicted octanol–water partition coefficient (Wildman–Crippen LogP) is 1.71. The zero-order valence-electron chi connectivity index (χ0n) is 14.4. The molecule has 0 saturated heterocycles. The van der Waals surface area contributed by atoms with Crippen LogP contribution in [0.25, 0.3) is 0 Å². The van der Waals surface area contributed by atoms with E-state index < -0.39 is 15.9 Å². The molecule has 7 heteroatoms. The zero-order valence-corrected chi connectivity index (χ0v) is 15.2. The summed E-state index contributed by atoms with van der Waals surface area (Å²) in [4.78, 5) is 12.1. The first-order chi connectivity index (χ1) is 11.1. The van der Waals surface area contributed by atoms with E-state index in [1.165, 1.54) is 0 Å². The molecule has 2 rings (SSSR count). The fourth-order valence-electron chi connectivity index (χ4n) is 2.57. The summed E-state index contributed by atoms with van der Waals surface area (Å²) in [6.45, 7) is 6.28. The molecule has 1 atom stereocenters. The summed E-state index contributed by atoms with van der Waals surface area (Å²) in [6.07, 6.45) is 1.16. The molecule has 0 unspecified atom stereocenters. The molecular weight excluding hydrogens is 326 g/mol. The lowest BCUT2D eigenvalue weighted by Crippen LogP contribution is -2.37. The average molecular weight is 349 g/mol. The Kier molecular flexibility index (Phi) is 5.43. The number of carbonyl (C=O) groups is 1. The van der Waals surface area contributed by atoms with Crippen LogP contribution >= 0.6 is 0 Å². The van der Waals surface area contributed by atoms with E-state index in [0.29, 0.717) is 12.1 Å². The van der Waals surface area contributed by atoms with Gasteiger partial charge in [0.25, 0.3) is 5.91 Å². The van der Waals surface area contributed by atoms with Crippen molar-refractivity contribution in [3.05, 3.63) is 52.8 Å². The van der Waals surface area contributed by atoms with Gasteiger partial charge in [-0.05, 0) is 44.5 Å². The van der Waals surface area contributed by atoms with Crippen LogP contribution in [0, 0.1) is 13.8 Å². The maximum Gasteiger partial charge on any atom is 0.251 e. The number of hydrogen-bond acceptors (Lipinski definition) is 4. The van der Waals surface area contributed by atoms with Crippen molar-refractivity contribution in [2.24, 2.45) is 0 Å². The number of aromatic nitrogens is 2. The summed E-state index contributed by atoms with van der Waals surface area (Å²) >= 11 is 0. The van der Waals surface area contributed by atoms with Gasteiger partial charge in [0.15, 0.2) is 0 Å². The Morgan fingerprint density at radius 3 is 2.38 bits per heavy atom. The summed E-state index contributed by atoms with van der Waals surface area (Å²) in [7, 11) is -3.12. The van der Waals surface area contributed by atoms with Crippen molar-refractivity contribution in [1.82, 2.24) is 15.1 Å². The molecule has 130 valence electrons. The molecule has 1 aromatic carbocycles. The third-order valence-corrected chi connectivity index (χ3v) is 4.69. The van der Waals surface area contributed by atoms with E-state index in [1.54, 1.807) is 19.1 Å². The van der Waals surface area contributed by atoms with Gasteiger partial charge >= 0.3 is 0 Å². The molecule has 0 spiro atoms. The molecule has 0 radical (unpaired) electrons. The van der Waals surface area contributed by atoms with Gasteiger partial charge in [-0.3, -0.25) is 9.48 Å². The van der Waals surface area contributed by atoms with E-state index in [1.807, 2.05) is 36.7 Å². The van der Waals surface area contributed by atoms with Gasteiger partial charge in [-0.15, -0.1) is 0 Å². The molecule has 0 aliphatic rings. The van der Waals surface area contributed by atoms with E-state index >= 15 is 0 Å². The Bertz CT molecular complexity index is 823. The standard InChI is InChI=1S/C17H23N3O3S/c1-12-9-14(3)20(19-12)10-15-5-7-16(8-6-15)17(21)18-13(2)11-24(4,22)23/h5-9,13H,10-11H2,1-4H3,(H,18,21)/t13-/m1/s1. The number of nitrogens with zero attached hydrogens (tertiary/aromatic N) is 2. The monoisotopic (exact) mass is 349 g/mol. The van der Waals surface area contributed by atoms with Crippen molar-refractivity contribution in [2.75, 3.05) is 12.0 Å². The average Bonchev–Trinajstić information content (AvgIpc) is 2.75. The van der Waals surface area contributed by atoms with Gasteiger partial charge in [0.2, 0.25) is 0 Å². The lowest BCUT2D eigenvalue weighted by Gasteiger charge is -2.13. The van der Waals surface area contributed by atoms with Crippen LogP contribution in [0.4, 0.5) is 0 Å². The number of hydrogen-bond donors (Lipinski definition) is 1. The van der Waals surface area contributed by atoms with Gasteiger partial charge in [0.1, 0.15) is 9.84 Å². The zero-order chi connectivity index (χ0) is 17.9. The maximum atomic E-state index is 12.1. The third kappa shape index (κ3) is 5.19. The Morgan fingerprint density at radius 1 is 1.25 bits per heavy atom. The minimum absolute atomic E-state index is 0.0747. The first kappa shape index (κ1) is 18.2. The van der Waals surface area contributed by atoms with Crippen molar-refractivity contribution in [3.8, 4) is 0 Å². The summed E-state index contributed by atoms with van der Waals surface area (Å²) in [5.41, 5.74) is 3.61. The number of aryl methyl sites for hydroxylation is 2. The molecule has 0 saturated carbocycles. The lowest BCUT2D eigenvalue weighted by atomic mass is 10.1. The highest BCUT2D eigenvalue weighted by Gasteiger charge is 2.14. The maximum absolute atomic E-state index is 12.1. The molecule has 1 aromatic heterocycles. The van der Waals surface area contributed by atoms with Gasteiger partial charge in [-0.25, -0.2) is 8.42 Å². The Hall–Kier alpha value is -2.15. The molecule has 0 bridgehead atoms. The molecule has 1 N–H and O–H groups in total. The summed E-state index contributed by atoms with van der Waals surface area (Å²) < 4.78 is 24.4. The van der Waals surface area contributed by atoms with E-state index in [2.05, 4.69) is 10.4 Å². The minimum atomic E-state index is -3.12. The van der Waals surface area contributed by atoms with Crippen molar-refractivity contribution in [2.45, 2.75) is 33.4 Å². The largest absolute Gasteiger partial charge is 0.349 e. The second-order valence-corrected chi connectivity index (χ2v) is 8.43. The smallest absolute Gasteiger partial charge is 0.251 e. The molecule has 1 heterocycles. The van der Waals surface area contributed by atoms with Crippen LogP contribution in [0.2, 0.25) is 0 Å². The van der Waals surface area contributed by atoms with Gasteiger partial charge in [0.05, 0.1) is 18.0 Å². The topological polar surface area (TPSA) is 81.1 Å². The summed E-state index contributed by atoms with van der Waals surface area (Å²) in [5.74, 6) is -0.349. The van der Waals surface area contributed by atoms with Gasteiger partial charge in [-0.2, -0.15) is 5.10 Å². The Labute approximate surface area is 142 Å². The van der Waals surface area contributed by atoms with Gasteiger partial charge in [0, 0.05) is 23.6 Å². The molecule has 0 fully saturated rings. The van der Waals surface area contributed by atoms with E-state index in [9.17, 15) is 13.2 Å². The van der Waals surface area contributed by atoms with Gasteiger partial charge in [-0.1, -0.05) is 12.1 Å². The molecule has 1 amide bonds. The third-order valence-electron chi connectivity index (χ3n) is 3.58. The number of carbonyl (C=O) groups excluding carboxylic acids is 1. The van der Waals surface area contributed by atoms with Crippen molar-refractivity contribution < 1.29 is 13.2 Å². The SMILES string of the molecule is Cc1cc(C)n(Cc2ccc(C(=O)N[C@H](C)CS(C)(=O)=O)cc2)n1. The normalized spacial score (nSPS) is 12.8. The quantitative estimate of drug-likeness (QED) is 0.861. The number of rotatable bonds is 6. The van der Waals surface area contributed by atoms with Crippen molar-refractivity contribution in [1.29, 1.82) is 0 Å². The number of sulfone groups is 1. The highest BCUT2D eigenvalue weighted by molar-refractivity contribution is 7.90. The predicted molar refractivity (Wildman–Crippen MR) is 93.9 cm³/mol. The highest BCUT2D eigenvalue weighted by atomic mass is 32.2. The first-order valence-corrected chi connectivity index (χ1v) is 9.78. The van der Waals surface area contributed by atoms with Gasteiger partial charge < -0.3 is 5.32 Å². The number of benzene rings is 1. The highest BCUT2D eigenvalue weighted by Crippen LogP contribution is 2.09. The molecule has 0 aliphatic carbocycles. The molecule has 0 aliphatic heterocycles. The molecule has 2 aromatic rings. The number of amides is 1. The Morgan fingerprint density at radius 2 is 1.88 bits per heavy atom. The van der Waals surface area contributed by atoms with Crippen molar-refractivity contribution in [3.63, 3.8) is 0 Å². The van der Waals surface area contributed by atoms with E-state index in [4.69, 9.17) is 0 Å².